The first-order chi connectivity index (χ1) is 14.1. The Morgan fingerprint density at radius 3 is 2.31 bits per heavy atom. The van der Waals surface area contributed by atoms with Crippen molar-refractivity contribution in [3.8, 4) is 36.1 Å². The highest BCUT2D eigenvalue weighted by Gasteiger charge is 2.11. The quantitative estimate of drug-likeness (QED) is 0.342. The van der Waals surface area contributed by atoms with Gasteiger partial charge in [0.2, 0.25) is 0 Å². The zero-order valence-electron chi connectivity index (χ0n) is 16.2. The fourth-order valence-electron chi connectivity index (χ4n) is 2.74. The molecule has 0 radical (unpaired) electrons. The number of unbranched alkanes of at least 4 members (excludes halogenated alkanes) is 1. The summed E-state index contributed by atoms with van der Waals surface area (Å²) in [4.78, 5) is 12.0. The largest absolute Gasteiger partial charge is 0.300 e. The molecule has 0 aliphatic carbocycles. The number of terminal acetylenes is 2. The number of nitrogens with zero attached hydrogens (tertiary/aromatic N) is 6. The number of aryl methyl sites for hydroxylation is 1. The monoisotopic (exact) mass is 387 g/mol. The lowest BCUT2D eigenvalue weighted by Crippen LogP contribution is -2.13. The third kappa shape index (κ3) is 5.16. The number of ketones is 1. The Bertz CT molecular complexity index is 1000. The molecule has 29 heavy (non-hydrogen) atoms. The summed E-state index contributed by atoms with van der Waals surface area (Å²) in [6.45, 7) is 2.48. The van der Waals surface area contributed by atoms with E-state index in [1.165, 1.54) is 6.92 Å². The minimum absolute atomic E-state index is 0.0570. The van der Waals surface area contributed by atoms with Crippen molar-refractivity contribution in [3.63, 3.8) is 0 Å². The standard InChI is InChI=1S/C21H21N7O/c1-4-6-7-8-18-14-27(25-23-18)20-10-17(16(3)29)11-21(12-20)28-15-19(24-26-28)13-22-9-5-2/h1-2,10-12,14-15,22H,6-9,13H2,3H3. The second-order valence-electron chi connectivity index (χ2n) is 6.47. The van der Waals surface area contributed by atoms with Crippen molar-refractivity contribution in [1.29, 1.82) is 0 Å². The molecule has 0 amide bonds. The topological polar surface area (TPSA) is 90.5 Å². The van der Waals surface area contributed by atoms with Crippen LogP contribution in [0.25, 0.3) is 11.4 Å². The Hall–Kier alpha value is -3.75. The van der Waals surface area contributed by atoms with Crippen LogP contribution in [0.3, 0.4) is 0 Å². The van der Waals surface area contributed by atoms with Crippen LogP contribution in [0.4, 0.5) is 0 Å². The van der Waals surface area contributed by atoms with Crippen molar-refractivity contribution < 1.29 is 4.79 Å². The predicted octanol–water partition coefficient (Wildman–Crippen LogP) is 1.73. The number of carbonyl (C=O) groups excluding carboxylic acids is 1. The van der Waals surface area contributed by atoms with Crippen LogP contribution in [-0.4, -0.2) is 42.3 Å². The van der Waals surface area contributed by atoms with E-state index in [0.717, 1.165) is 24.2 Å². The second-order valence-corrected chi connectivity index (χ2v) is 6.47. The molecule has 2 aromatic heterocycles. The van der Waals surface area contributed by atoms with Crippen LogP contribution in [0.2, 0.25) is 0 Å². The van der Waals surface area contributed by atoms with Crippen LogP contribution >= 0.6 is 0 Å². The normalized spacial score (nSPS) is 10.4. The lowest BCUT2D eigenvalue weighted by Gasteiger charge is -2.07. The molecule has 0 saturated heterocycles. The van der Waals surface area contributed by atoms with E-state index in [9.17, 15) is 4.79 Å². The maximum absolute atomic E-state index is 12.0. The lowest BCUT2D eigenvalue weighted by atomic mass is 10.1. The third-order valence-corrected chi connectivity index (χ3v) is 4.21. The van der Waals surface area contributed by atoms with E-state index < -0.39 is 0 Å². The van der Waals surface area contributed by atoms with Crippen molar-refractivity contribution in [2.45, 2.75) is 32.7 Å². The first-order valence-electron chi connectivity index (χ1n) is 9.17. The maximum Gasteiger partial charge on any atom is 0.159 e. The van der Waals surface area contributed by atoms with Crippen LogP contribution < -0.4 is 5.32 Å². The number of hydrogen-bond donors (Lipinski definition) is 1. The van der Waals surface area contributed by atoms with E-state index in [1.807, 2.05) is 12.3 Å². The Morgan fingerprint density at radius 2 is 1.69 bits per heavy atom. The van der Waals surface area contributed by atoms with Crippen molar-refractivity contribution in [3.05, 3.63) is 47.5 Å². The minimum Gasteiger partial charge on any atom is -0.300 e. The molecule has 0 fully saturated rings. The number of rotatable bonds is 9. The van der Waals surface area contributed by atoms with E-state index in [2.05, 4.69) is 37.8 Å². The molecule has 3 rings (SSSR count). The van der Waals surface area contributed by atoms with Gasteiger partial charge in [0.1, 0.15) is 0 Å². The Morgan fingerprint density at radius 1 is 1.03 bits per heavy atom. The van der Waals surface area contributed by atoms with Gasteiger partial charge in [0, 0.05) is 18.5 Å². The molecule has 0 aliphatic rings. The number of benzene rings is 1. The van der Waals surface area contributed by atoms with Crippen molar-refractivity contribution >= 4 is 5.78 Å². The zero-order chi connectivity index (χ0) is 20.6. The molecular weight excluding hydrogens is 366 g/mol. The van der Waals surface area contributed by atoms with Gasteiger partial charge in [-0.1, -0.05) is 16.3 Å². The van der Waals surface area contributed by atoms with Crippen LogP contribution in [0.15, 0.2) is 30.6 Å². The third-order valence-electron chi connectivity index (χ3n) is 4.21. The molecule has 0 unspecified atom stereocenters. The van der Waals surface area contributed by atoms with Crippen LogP contribution in [0.5, 0.6) is 0 Å². The average molecular weight is 387 g/mol. The first kappa shape index (κ1) is 20.0. The maximum atomic E-state index is 12.0. The summed E-state index contributed by atoms with van der Waals surface area (Å²) in [6, 6.07) is 5.42. The van der Waals surface area contributed by atoms with Gasteiger partial charge in [-0.3, -0.25) is 4.79 Å². The molecule has 3 aromatic rings. The smallest absolute Gasteiger partial charge is 0.159 e. The summed E-state index contributed by atoms with van der Waals surface area (Å²) >= 11 is 0. The predicted molar refractivity (Wildman–Crippen MR) is 109 cm³/mol. The summed E-state index contributed by atoms with van der Waals surface area (Å²) in [6.07, 6.45) is 16.5. The highest BCUT2D eigenvalue weighted by Crippen LogP contribution is 2.18. The fourth-order valence-corrected chi connectivity index (χ4v) is 2.74. The molecular formula is C21H21N7O. The van der Waals surface area contributed by atoms with Crippen molar-refractivity contribution in [2.75, 3.05) is 6.54 Å². The van der Waals surface area contributed by atoms with E-state index in [-0.39, 0.29) is 5.78 Å². The molecule has 1 aromatic carbocycles. The fraction of sp³-hybridized carbons (Fsp3) is 0.286. The summed E-state index contributed by atoms with van der Waals surface area (Å²) < 4.78 is 3.26. The number of Topliss-reactive ketones (excluding diaryl/α,β-unsaturated/α-hetero) is 1. The Balaban J connectivity index is 1.88. The second kappa shape index (κ2) is 9.45. The van der Waals surface area contributed by atoms with Gasteiger partial charge in [0.05, 0.1) is 41.7 Å². The molecule has 8 heteroatoms. The highest BCUT2D eigenvalue weighted by molar-refractivity contribution is 5.95. The molecule has 2 heterocycles. The van der Waals surface area contributed by atoms with E-state index >= 15 is 0 Å². The Kier molecular flexibility index (Phi) is 6.51. The molecule has 1 N–H and O–H groups in total. The van der Waals surface area contributed by atoms with E-state index in [1.54, 1.807) is 27.7 Å². The van der Waals surface area contributed by atoms with Crippen molar-refractivity contribution in [2.24, 2.45) is 0 Å². The first-order valence-corrected chi connectivity index (χ1v) is 9.17. The molecule has 146 valence electrons. The molecule has 8 nitrogen and oxygen atoms in total. The van der Waals surface area contributed by atoms with Gasteiger partial charge in [-0.15, -0.1) is 29.0 Å². The highest BCUT2D eigenvalue weighted by atomic mass is 16.1. The zero-order valence-corrected chi connectivity index (χ0v) is 16.2. The van der Waals surface area contributed by atoms with Crippen LogP contribution in [0, 0.1) is 24.7 Å². The van der Waals surface area contributed by atoms with Gasteiger partial charge < -0.3 is 5.32 Å². The number of nitrogens with one attached hydrogen (secondary N) is 1. The molecule has 0 saturated carbocycles. The Labute approximate surface area is 169 Å². The lowest BCUT2D eigenvalue weighted by molar-refractivity contribution is 0.101. The molecule has 0 aliphatic heterocycles. The average Bonchev–Trinajstić information content (AvgIpc) is 3.38. The van der Waals surface area contributed by atoms with Crippen LogP contribution in [-0.2, 0) is 13.0 Å². The summed E-state index contributed by atoms with van der Waals surface area (Å²) in [5, 5.41) is 19.7. The number of carbonyl (C=O) groups is 1. The van der Waals surface area contributed by atoms with E-state index in [0.29, 0.717) is 36.4 Å². The van der Waals surface area contributed by atoms with Gasteiger partial charge >= 0.3 is 0 Å². The van der Waals surface area contributed by atoms with Gasteiger partial charge in [0.25, 0.3) is 0 Å². The van der Waals surface area contributed by atoms with Gasteiger partial charge in [0.15, 0.2) is 5.78 Å². The number of aromatic nitrogens is 6. The van der Waals surface area contributed by atoms with Crippen molar-refractivity contribution in [1.82, 2.24) is 35.3 Å². The van der Waals surface area contributed by atoms with Gasteiger partial charge in [-0.05, 0) is 38.0 Å². The van der Waals surface area contributed by atoms with E-state index in [4.69, 9.17) is 12.8 Å². The van der Waals surface area contributed by atoms with Gasteiger partial charge in [-0.2, -0.15) is 0 Å². The molecule has 0 spiro atoms. The minimum atomic E-state index is -0.0570. The summed E-state index contributed by atoms with van der Waals surface area (Å²) in [7, 11) is 0. The summed E-state index contributed by atoms with van der Waals surface area (Å²) in [5.74, 6) is 5.07. The molecule has 0 atom stereocenters. The van der Waals surface area contributed by atoms with Crippen LogP contribution in [0.1, 0.15) is 41.5 Å². The number of hydrogen-bond acceptors (Lipinski definition) is 6. The summed E-state index contributed by atoms with van der Waals surface area (Å²) in [5.41, 5.74) is 3.55. The van der Waals surface area contributed by atoms with Gasteiger partial charge in [-0.25, -0.2) is 9.36 Å². The SMILES string of the molecule is C#CCCCc1cn(-c2cc(C(C)=O)cc(-n3cc(CNCC#C)nn3)c2)nn1. The molecule has 0 bridgehead atoms.